The quantitative estimate of drug-likeness (QED) is 0.701. The molecule has 11 heavy (non-hydrogen) atoms. The molecule has 0 aliphatic carbocycles. The summed E-state index contributed by atoms with van der Waals surface area (Å²) in [6.07, 6.45) is 3.16. The van der Waals surface area contributed by atoms with Crippen molar-refractivity contribution in [3.8, 4) is 0 Å². The van der Waals surface area contributed by atoms with Crippen molar-refractivity contribution in [2.45, 2.75) is 32.9 Å². The maximum absolute atomic E-state index is 9.17. The molecule has 1 heterocycles. The maximum atomic E-state index is 9.17. The van der Waals surface area contributed by atoms with Crippen LogP contribution in [0.2, 0.25) is 0 Å². The van der Waals surface area contributed by atoms with Gasteiger partial charge in [0.1, 0.15) is 0 Å². The van der Waals surface area contributed by atoms with E-state index < -0.39 is 6.10 Å². The maximum Gasteiger partial charge on any atom is 0.0792 e. The SMILES string of the molecule is CC(C)n1cc([C@@H](C)O)cn1. The van der Waals surface area contributed by atoms with Gasteiger partial charge in [0.15, 0.2) is 0 Å². The average molecular weight is 154 g/mol. The molecule has 1 N–H and O–H groups in total. The van der Waals surface area contributed by atoms with Crippen molar-refractivity contribution < 1.29 is 5.11 Å². The second-order valence-corrected chi connectivity index (χ2v) is 3.02. The molecule has 0 amide bonds. The van der Waals surface area contributed by atoms with Gasteiger partial charge in [0.2, 0.25) is 0 Å². The largest absolute Gasteiger partial charge is 0.389 e. The van der Waals surface area contributed by atoms with E-state index in [0.29, 0.717) is 6.04 Å². The Hall–Kier alpha value is -0.830. The van der Waals surface area contributed by atoms with Gasteiger partial charge in [-0.25, -0.2) is 0 Å². The summed E-state index contributed by atoms with van der Waals surface area (Å²) in [5.74, 6) is 0. The highest BCUT2D eigenvalue weighted by atomic mass is 16.3. The molecule has 0 unspecified atom stereocenters. The van der Waals surface area contributed by atoms with Crippen molar-refractivity contribution in [2.75, 3.05) is 0 Å². The van der Waals surface area contributed by atoms with Crippen molar-refractivity contribution in [2.24, 2.45) is 0 Å². The summed E-state index contributed by atoms with van der Waals surface area (Å²) >= 11 is 0. The van der Waals surface area contributed by atoms with Gasteiger partial charge >= 0.3 is 0 Å². The Balaban J connectivity index is 2.82. The van der Waals surface area contributed by atoms with Crippen molar-refractivity contribution in [1.29, 1.82) is 0 Å². The first kappa shape index (κ1) is 8.27. The van der Waals surface area contributed by atoms with Crippen LogP contribution < -0.4 is 0 Å². The van der Waals surface area contributed by atoms with E-state index in [-0.39, 0.29) is 0 Å². The molecule has 0 fully saturated rings. The molecule has 0 aliphatic rings. The topological polar surface area (TPSA) is 38.0 Å². The minimum absolute atomic E-state index is 0.363. The van der Waals surface area contributed by atoms with Crippen LogP contribution in [0.5, 0.6) is 0 Å². The van der Waals surface area contributed by atoms with E-state index in [9.17, 15) is 0 Å². The van der Waals surface area contributed by atoms with E-state index >= 15 is 0 Å². The van der Waals surface area contributed by atoms with Crippen LogP contribution in [0.4, 0.5) is 0 Å². The normalized spacial score (nSPS) is 13.9. The zero-order valence-electron chi connectivity index (χ0n) is 7.15. The smallest absolute Gasteiger partial charge is 0.0792 e. The van der Waals surface area contributed by atoms with E-state index in [4.69, 9.17) is 5.11 Å². The van der Waals surface area contributed by atoms with Gasteiger partial charge in [-0.05, 0) is 20.8 Å². The lowest BCUT2D eigenvalue weighted by Gasteiger charge is -2.03. The Kier molecular flexibility index (Phi) is 2.29. The van der Waals surface area contributed by atoms with Gasteiger partial charge in [-0.15, -0.1) is 0 Å². The lowest BCUT2D eigenvalue weighted by Crippen LogP contribution is -2.00. The number of aromatic nitrogens is 2. The molecule has 1 rings (SSSR count). The second-order valence-electron chi connectivity index (χ2n) is 3.02. The standard InChI is InChI=1S/C8H14N2O/c1-6(2)10-5-8(4-9-10)7(3)11/h4-7,11H,1-3H3/t7-/m1/s1. The molecule has 0 radical (unpaired) electrons. The number of hydrogen-bond acceptors (Lipinski definition) is 2. The molecule has 1 atom stereocenters. The van der Waals surface area contributed by atoms with Crippen molar-refractivity contribution in [1.82, 2.24) is 9.78 Å². The molecule has 0 aliphatic heterocycles. The van der Waals surface area contributed by atoms with Crippen molar-refractivity contribution in [3.05, 3.63) is 18.0 Å². The van der Waals surface area contributed by atoms with Crippen LogP contribution in [-0.2, 0) is 0 Å². The summed E-state index contributed by atoms with van der Waals surface area (Å²) in [6, 6.07) is 0.363. The number of aliphatic hydroxyl groups is 1. The lowest BCUT2D eigenvalue weighted by molar-refractivity contribution is 0.199. The Morgan fingerprint density at radius 2 is 2.09 bits per heavy atom. The highest BCUT2D eigenvalue weighted by Crippen LogP contribution is 2.12. The van der Waals surface area contributed by atoms with Gasteiger partial charge < -0.3 is 5.11 Å². The Labute approximate surface area is 66.7 Å². The first-order valence-electron chi connectivity index (χ1n) is 3.83. The molecule has 3 heteroatoms. The molecule has 62 valence electrons. The van der Waals surface area contributed by atoms with Gasteiger partial charge in [0.25, 0.3) is 0 Å². The molecule has 0 bridgehead atoms. The monoisotopic (exact) mass is 154 g/mol. The number of nitrogens with zero attached hydrogens (tertiary/aromatic N) is 2. The van der Waals surface area contributed by atoms with Gasteiger partial charge in [-0.1, -0.05) is 0 Å². The van der Waals surface area contributed by atoms with Crippen LogP contribution in [0.3, 0.4) is 0 Å². The zero-order valence-corrected chi connectivity index (χ0v) is 7.15. The fraction of sp³-hybridized carbons (Fsp3) is 0.625. The predicted octanol–water partition coefficient (Wildman–Crippen LogP) is 1.52. The molecule has 1 aromatic rings. The van der Waals surface area contributed by atoms with E-state index in [1.807, 2.05) is 10.9 Å². The lowest BCUT2D eigenvalue weighted by atomic mass is 10.2. The average Bonchev–Trinajstić information content (AvgIpc) is 2.33. The molecular formula is C8H14N2O. The van der Waals surface area contributed by atoms with E-state index in [1.54, 1.807) is 13.1 Å². The summed E-state index contributed by atoms with van der Waals surface area (Å²) < 4.78 is 1.84. The third kappa shape index (κ3) is 1.80. The molecule has 0 saturated carbocycles. The zero-order chi connectivity index (χ0) is 8.43. The summed E-state index contributed by atoms with van der Waals surface area (Å²) in [5, 5.41) is 13.3. The summed E-state index contributed by atoms with van der Waals surface area (Å²) in [7, 11) is 0. The Morgan fingerprint density at radius 1 is 1.45 bits per heavy atom. The van der Waals surface area contributed by atoms with Crippen LogP contribution in [0.25, 0.3) is 0 Å². The number of aliphatic hydroxyl groups excluding tert-OH is 1. The highest BCUT2D eigenvalue weighted by Gasteiger charge is 2.04. The molecule has 3 nitrogen and oxygen atoms in total. The van der Waals surface area contributed by atoms with E-state index in [0.717, 1.165) is 5.56 Å². The summed E-state index contributed by atoms with van der Waals surface area (Å²) in [4.78, 5) is 0. The minimum Gasteiger partial charge on any atom is -0.389 e. The fourth-order valence-electron chi connectivity index (χ4n) is 0.851. The van der Waals surface area contributed by atoms with Crippen molar-refractivity contribution >= 4 is 0 Å². The summed E-state index contributed by atoms with van der Waals surface area (Å²) in [5.41, 5.74) is 0.874. The van der Waals surface area contributed by atoms with Gasteiger partial charge in [-0.2, -0.15) is 5.10 Å². The van der Waals surface area contributed by atoms with E-state index in [1.165, 1.54) is 0 Å². The molecule has 1 aromatic heterocycles. The van der Waals surface area contributed by atoms with Crippen LogP contribution in [0, 0.1) is 0 Å². The van der Waals surface area contributed by atoms with Crippen LogP contribution in [0.15, 0.2) is 12.4 Å². The predicted molar refractivity (Wildman–Crippen MR) is 43.2 cm³/mol. The van der Waals surface area contributed by atoms with Gasteiger partial charge in [0.05, 0.1) is 12.3 Å². The second kappa shape index (κ2) is 3.05. The van der Waals surface area contributed by atoms with Crippen LogP contribution in [-0.4, -0.2) is 14.9 Å². The third-order valence-corrected chi connectivity index (χ3v) is 1.63. The number of hydrogen-bond donors (Lipinski definition) is 1. The van der Waals surface area contributed by atoms with Crippen molar-refractivity contribution in [3.63, 3.8) is 0 Å². The first-order chi connectivity index (χ1) is 5.11. The van der Waals surface area contributed by atoms with Crippen LogP contribution in [0.1, 0.15) is 38.5 Å². The first-order valence-corrected chi connectivity index (χ1v) is 3.83. The van der Waals surface area contributed by atoms with Gasteiger partial charge in [-0.3, -0.25) is 4.68 Å². The molecular weight excluding hydrogens is 140 g/mol. The molecule has 0 aromatic carbocycles. The highest BCUT2D eigenvalue weighted by molar-refractivity contribution is 5.06. The molecule has 0 saturated heterocycles. The third-order valence-electron chi connectivity index (χ3n) is 1.63. The Morgan fingerprint density at radius 3 is 2.36 bits per heavy atom. The van der Waals surface area contributed by atoms with Gasteiger partial charge in [0, 0.05) is 17.8 Å². The number of rotatable bonds is 2. The molecule has 0 spiro atoms. The fourth-order valence-corrected chi connectivity index (χ4v) is 0.851. The minimum atomic E-state index is -0.414. The van der Waals surface area contributed by atoms with E-state index in [2.05, 4.69) is 18.9 Å². The van der Waals surface area contributed by atoms with Crippen LogP contribution >= 0.6 is 0 Å². The Bertz CT molecular complexity index is 205. The summed E-state index contributed by atoms with van der Waals surface area (Å²) in [6.45, 7) is 5.85.